The number of nitrogens with one attached hydrogen (secondary N) is 3. The average molecular weight is 855 g/mol. The Morgan fingerprint density at radius 3 is 2.10 bits per heavy atom. The van der Waals surface area contributed by atoms with Crippen LogP contribution in [0.15, 0.2) is 79.3 Å². The van der Waals surface area contributed by atoms with Gasteiger partial charge in [-0.3, -0.25) is 33.4 Å². The molecule has 6 atom stereocenters. The highest BCUT2D eigenvalue weighted by Gasteiger charge is 2.52. The van der Waals surface area contributed by atoms with Gasteiger partial charge >= 0.3 is 17.9 Å². The Balaban J connectivity index is 1.15. The Kier molecular flexibility index (Phi) is 14.8. The topological polar surface area (TPSA) is 268 Å². The number of esters is 3. The van der Waals surface area contributed by atoms with E-state index >= 15 is 0 Å². The van der Waals surface area contributed by atoms with Crippen LogP contribution in [0.1, 0.15) is 63.3 Å². The largest absolute Gasteiger partial charge is 0.463 e. The lowest BCUT2D eigenvalue weighted by molar-refractivity contribution is -0.239. The molecule has 3 N–H and O–H groups in total. The SMILES string of the molecule is CC(=O)N[C@@H]1[C@@H](OC(C)=O)[C@H](OC(C)=O)[C@@H](COC(C)=O)O[C@H]1n1cc(CNC(=O)C[C@@H](C(=O)NCc2cn(CCc3ccccc3)nn2)n2cc(-c3ccccc3)nn2)nn1. The van der Waals surface area contributed by atoms with Gasteiger partial charge in [0.1, 0.15) is 41.9 Å². The van der Waals surface area contributed by atoms with Gasteiger partial charge in [-0.1, -0.05) is 76.3 Å². The summed E-state index contributed by atoms with van der Waals surface area (Å²) in [6, 6.07) is 16.9. The number of hydrogen-bond donors (Lipinski definition) is 3. The van der Waals surface area contributed by atoms with Gasteiger partial charge in [-0.05, 0) is 12.0 Å². The molecule has 0 spiro atoms. The van der Waals surface area contributed by atoms with Gasteiger partial charge in [0.2, 0.25) is 17.7 Å². The number of benzene rings is 2. The van der Waals surface area contributed by atoms with E-state index in [1.807, 2.05) is 60.7 Å². The molecule has 3 amide bonds. The molecule has 0 bridgehead atoms. The van der Waals surface area contributed by atoms with Crippen LogP contribution in [0.4, 0.5) is 0 Å². The minimum absolute atomic E-state index is 0.0377. The van der Waals surface area contributed by atoms with E-state index < -0.39 is 78.9 Å². The summed E-state index contributed by atoms with van der Waals surface area (Å²) >= 11 is 0. The Hall–Kier alpha value is -7.36. The highest BCUT2D eigenvalue weighted by atomic mass is 16.6. The van der Waals surface area contributed by atoms with Crippen LogP contribution in [0, 0.1) is 0 Å². The number of amides is 3. The van der Waals surface area contributed by atoms with Crippen molar-refractivity contribution in [2.45, 2.75) is 96.8 Å². The number of hydrogen-bond acceptors (Lipinski definition) is 16. The molecule has 326 valence electrons. The van der Waals surface area contributed by atoms with Crippen LogP contribution >= 0.6 is 0 Å². The summed E-state index contributed by atoms with van der Waals surface area (Å²) in [6.45, 7) is 4.73. The van der Waals surface area contributed by atoms with Gasteiger partial charge in [-0.25, -0.2) is 9.36 Å². The maximum Gasteiger partial charge on any atom is 0.303 e. The number of ether oxygens (including phenoxy) is 4. The summed E-state index contributed by atoms with van der Waals surface area (Å²) in [4.78, 5) is 75.8. The monoisotopic (exact) mass is 854 g/mol. The van der Waals surface area contributed by atoms with E-state index in [-0.39, 0.29) is 25.2 Å². The van der Waals surface area contributed by atoms with Gasteiger partial charge in [0.05, 0.1) is 38.1 Å². The molecule has 5 aromatic rings. The van der Waals surface area contributed by atoms with E-state index in [0.717, 1.165) is 31.4 Å². The van der Waals surface area contributed by atoms with Gasteiger partial charge in [0, 0.05) is 39.8 Å². The number of aryl methyl sites for hydroxylation is 2. The third kappa shape index (κ3) is 12.1. The molecular formula is C40H46N12O10. The predicted molar refractivity (Wildman–Crippen MR) is 212 cm³/mol. The summed E-state index contributed by atoms with van der Waals surface area (Å²) in [5.41, 5.74) is 3.15. The number of aromatic nitrogens is 9. The number of carbonyl (C=O) groups is 6. The van der Waals surface area contributed by atoms with Gasteiger partial charge in [-0.15, -0.1) is 15.3 Å². The van der Waals surface area contributed by atoms with Crippen molar-refractivity contribution in [1.29, 1.82) is 0 Å². The Bertz CT molecular complexity index is 2330. The molecule has 1 fully saturated rings. The van der Waals surface area contributed by atoms with E-state index in [1.54, 1.807) is 17.1 Å². The fourth-order valence-corrected chi connectivity index (χ4v) is 6.68. The second kappa shape index (κ2) is 20.7. The second-order valence-corrected chi connectivity index (χ2v) is 14.3. The fourth-order valence-electron chi connectivity index (χ4n) is 6.68. The second-order valence-electron chi connectivity index (χ2n) is 14.3. The molecule has 0 radical (unpaired) electrons. The molecule has 0 aliphatic carbocycles. The van der Waals surface area contributed by atoms with Gasteiger partial charge in [0.25, 0.3) is 0 Å². The van der Waals surface area contributed by atoms with Crippen molar-refractivity contribution in [2.24, 2.45) is 0 Å². The third-order valence-corrected chi connectivity index (χ3v) is 9.46. The van der Waals surface area contributed by atoms with Crippen LogP contribution in [0.5, 0.6) is 0 Å². The normalized spacial score (nSPS) is 18.8. The number of carbonyl (C=O) groups excluding carboxylic acids is 6. The van der Waals surface area contributed by atoms with E-state index in [1.165, 1.54) is 29.4 Å². The van der Waals surface area contributed by atoms with E-state index in [9.17, 15) is 28.8 Å². The van der Waals surface area contributed by atoms with Gasteiger partial charge in [-0.2, -0.15) is 0 Å². The molecule has 3 aromatic heterocycles. The molecule has 22 heteroatoms. The van der Waals surface area contributed by atoms with Crippen molar-refractivity contribution in [3.8, 4) is 11.3 Å². The average Bonchev–Trinajstić information content (AvgIpc) is 4.04. The van der Waals surface area contributed by atoms with Crippen molar-refractivity contribution in [3.63, 3.8) is 0 Å². The van der Waals surface area contributed by atoms with Gasteiger partial charge < -0.3 is 34.9 Å². The van der Waals surface area contributed by atoms with E-state index in [4.69, 9.17) is 18.9 Å². The zero-order valence-electron chi connectivity index (χ0n) is 34.3. The number of rotatable bonds is 18. The highest BCUT2D eigenvalue weighted by Crippen LogP contribution is 2.32. The number of nitrogens with zero attached hydrogens (tertiary/aromatic N) is 9. The van der Waals surface area contributed by atoms with E-state index in [2.05, 4.69) is 46.9 Å². The molecule has 1 aliphatic rings. The van der Waals surface area contributed by atoms with Crippen molar-refractivity contribution < 1.29 is 47.7 Å². The summed E-state index contributed by atoms with van der Waals surface area (Å²) in [6.07, 6.45) is 0.102. The third-order valence-electron chi connectivity index (χ3n) is 9.46. The quantitative estimate of drug-likeness (QED) is 0.0811. The van der Waals surface area contributed by atoms with Crippen LogP contribution < -0.4 is 16.0 Å². The molecule has 62 heavy (non-hydrogen) atoms. The first-order valence-electron chi connectivity index (χ1n) is 19.6. The summed E-state index contributed by atoms with van der Waals surface area (Å²) in [5.74, 6) is -3.77. The molecule has 0 unspecified atom stereocenters. The highest BCUT2D eigenvalue weighted by molar-refractivity contribution is 5.87. The van der Waals surface area contributed by atoms with Crippen LogP contribution in [0.25, 0.3) is 11.3 Å². The standard InChI is InChI=1S/C40H46N12O10/c1-24(53)43-36-38(61-27(4)56)37(60-26(3)55)34(23-59-25(2)54)62-40(36)52-21-31(45-48-52)18-41-35(57)17-33(51-22-32(46-49-51)29-13-9-6-10-14-29)39(58)42-19-30-20-50(47-44-30)16-15-28-11-7-5-8-12-28/h5-14,20-22,33-34,36-38,40H,15-19,23H2,1-4H3,(H,41,57)(H,42,58)(H,43,53)/t33-,34+,36+,37+,38+,40+/m0/s1. The summed E-state index contributed by atoms with van der Waals surface area (Å²) in [5, 5.41) is 33.3. The van der Waals surface area contributed by atoms with Crippen molar-refractivity contribution >= 4 is 35.6 Å². The summed E-state index contributed by atoms with van der Waals surface area (Å²) in [7, 11) is 0. The minimum atomic E-state index is -1.32. The lowest BCUT2D eigenvalue weighted by Gasteiger charge is -2.45. The van der Waals surface area contributed by atoms with Crippen LogP contribution in [0.2, 0.25) is 0 Å². The van der Waals surface area contributed by atoms with Gasteiger partial charge in [0.15, 0.2) is 18.4 Å². The van der Waals surface area contributed by atoms with E-state index in [0.29, 0.717) is 17.9 Å². The first-order valence-corrected chi connectivity index (χ1v) is 19.6. The Morgan fingerprint density at radius 1 is 0.742 bits per heavy atom. The van der Waals surface area contributed by atoms with Crippen molar-refractivity contribution in [2.75, 3.05) is 6.61 Å². The first-order chi connectivity index (χ1) is 29.8. The Labute approximate surface area is 354 Å². The Morgan fingerprint density at radius 2 is 1.40 bits per heavy atom. The molecule has 1 aliphatic heterocycles. The fraction of sp³-hybridized carbons (Fsp3) is 0.400. The smallest absolute Gasteiger partial charge is 0.303 e. The zero-order chi connectivity index (χ0) is 44.2. The maximum absolute atomic E-state index is 13.8. The molecule has 6 rings (SSSR count). The van der Waals surface area contributed by atoms with Crippen molar-refractivity contribution in [3.05, 3.63) is 96.2 Å². The molecule has 0 saturated carbocycles. The van der Waals surface area contributed by atoms with Crippen LogP contribution in [-0.2, 0) is 73.8 Å². The lowest BCUT2D eigenvalue weighted by Crippen LogP contribution is -2.64. The molecule has 2 aromatic carbocycles. The zero-order valence-corrected chi connectivity index (χ0v) is 34.3. The first kappa shape index (κ1) is 44.2. The lowest BCUT2D eigenvalue weighted by atomic mass is 9.95. The van der Waals surface area contributed by atoms with Crippen LogP contribution in [0.3, 0.4) is 0 Å². The maximum atomic E-state index is 13.8. The molecular weight excluding hydrogens is 809 g/mol. The molecule has 1 saturated heterocycles. The predicted octanol–water partition coefficient (Wildman–Crippen LogP) is 0.763. The summed E-state index contributed by atoms with van der Waals surface area (Å²) < 4.78 is 26.6. The molecule has 4 heterocycles. The van der Waals surface area contributed by atoms with Crippen molar-refractivity contribution in [1.82, 2.24) is 60.9 Å². The van der Waals surface area contributed by atoms with Crippen LogP contribution in [-0.4, -0.2) is 112 Å². The molecule has 22 nitrogen and oxygen atoms in total. The minimum Gasteiger partial charge on any atom is -0.463 e.